The van der Waals surface area contributed by atoms with Crippen LogP contribution in [0.4, 0.5) is 5.82 Å². The molecule has 0 atom stereocenters. The summed E-state index contributed by atoms with van der Waals surface area (Å²) in [4.78, 5) is 13.8. The highest BCUT2D eigenvalue weighted by Crippen LogP contribution is 2.00. The van der Waals surface area contributed by atoms with Gasteiger partial charge in [0.1, 0.15) is 5.82 Å². The monoisotopic (exact) mass is 223 g/mol. The largest absolute Gasteiger partial charge is 0.315 e. The molecule has 1 aliphatic heterocycles. The second-order valence-corrected chi connectivity index (χ2v) is 3.90. The molecular weight excluding hydrogens is 206 g/mol. The molecule has 1 aliphatic rings. The number of H-pyrrole nitrogens is 1. The lowest BCUT2D eigenvalue weighted by Gasteiger charge is -2.18. The van der Waals surface area contributed by atoms with Crippen molar-refractivity contribution in [2.45, 2.75) is 6.42 Å². The SMILES string of the molecule is O=C(CN1CCCNCC1)Nc1ccn[nH]1. The molecule has 0 bridgehead atoms. The molecule has 2 heterocycles. The Kier molecular flexibility index (Phi) is 3.90. The Hall–Kier alpha value is -1.40. The minimum Gasteiger partial charge on any atom is -0.315 e. The van der Waals surface area contributed by atoms with Crippen molar-refractivity contribution in [3.63, 3.8) is 0 Å². The first-order valence-corrected chi connectivity index (χ1v) is 5.57. The molecule has 1 fully saturated rings. The third-order valence-corrected chi connectivity index (χ3v) is 2.57. The summed E-state index contributed by atoms with van der Waals surface area (Å²) in [6, 6.07) is 1.74. The molecule has 3 N–H and O–H groups in total. The summed E-state index contributed by atoms with van der Waals surface area (Å²) in [5, 5.41) is 12.6. The van der Waals surface area contributed by atoms with Gasteiger partial charge in [-0.05, 0) is 19.5 Å². The Bertz CT molecular complexity index is 316. The number of hydrogen-bond donors (Lipinski definition) is 3. The van der Waals surface area contributed by atoms with Crippen LogP contribution < -0.4 is 10.6 Å². The molecule has 1 aromatic rings. The molecule has 16 heavy (non-hydrogen) atoms. The van der Waals surface area contributed by atoms with Crippen LogP contribution in [0.1, 0.15) is 6.42 Å². The van der Waals surface area contributed by atoms with E-state index in [-0.39, 0.29) is 5.91 Å². The smallest absolute Gasteiger partial charge is 0.239 e. The van der Waals surface area contributed by atoms with Gasteiger partial charge in [0.15, 0.2) is 0 Å². The molecule has 0 spiro atoms. The van der Waals surface area contributed by atoms with E-state index in [1.54, 1.807) is 12.3 Å². The van der Waals surface area contributed by atoms with E-state index in [1.165, 1.54) is 0 Å². The van der Waals surface area contributed by atoms with E-state index in [2.05, 4.69) is 25.7 Å². The fraction of sp³-hybridized carbons (Fsp3) is 0.600. The van der Waals surface area contributed by atoms with E-state index in [4.69, 9.17) is 0 Å². The fourth-order valence-corrected chi connectivity index (χ4v) is 1.78. The molecule has 6 nitrogen and oxygen atoms in total. The van der Waals surface area contributed by atoms with Gasteiger partial charge in [-0.25, -0.2) is 0 Å². The van der Waals surface area contributed by atoms with Crippen LogP contribution in [0.25, 0.3) is 0 Å². The number of amides is 1. The zero-order chi connectivity index (χ0) is 11.2. The Morgan fingerprint density at radius 1 is 1.50 bits per heavy atom. The van der Waals surface area contributed by atoms with E-state index in [0.29, 0.717) is 12.4 Å². The van der Waals surface area contributed by atoms with Gasteiger partial charge in [-0.2, -0.15) is 5.10 Å². The molecule has 1 saturated heterocycles. The maximum Gasteiger partial charge on any atom is 0.239 e. The summed E-state index contributed by atoms with van der Waals surface area (Å²) < 4.78 is 0. The molecule has 6 heteroatoms. The summed E-state index contributed by atoms with van der Waals surface area (Å²) in [5.74, 6) is 0.657. The normalized spacial score (nSPS) is 18.0. The molecular formula is C10H17N5O. The number of rotatable bonds is 3. The lowest BCUT2D eigenvalue weighted by atomic mass is 10.4. The number of carbonyl (C=O) groups excluding carboxylic acids is 1. The number of nitrogens with one attached hydrogen (secondary N) is 3. The van der Waals surface area contributed by atoms with Crippen LogP contribution in [-0.4, -0.2) is 53.7 Å². The van der Waals surface area contributed by atoms with Gasteiger partial charge in [0, 0.05) is 19.2 Å². The van der Waals surface area contributed by atoms with E-state index >= 15 is 0 Å². The standard InChI is InChI=1S/C10H17N5O/c16-10(13-9-2-4-12-14-9)8-15-6-1-3-11-5-7-15/h2,4,11H,1,3,5-8H2,(H2,12,13,14,16). The Morgan fingerprint density at radius 3 is 3.25 bits per heavy atom. The van der Waals surface area contributed by atoms with Crippen molar-refractivity contribution in [3.05, 3.63) is 12.3 Å². The van der Waals surface area contributed by atoms with Crippen LogP contribution in [0.15, 0.2) is 12.3 Å². The molecule has 0 unspecified atom stereocenters. The summed E-state index contributed by atoms with van der Waals surface area (Å²) in [5.41, 5.74) is 0. The zero-order valence-corrected chi connectivity index (χ0v) is 9.20. The number of aromatic amines is 1. The van der Waals surface area contributed by atoms with Gasteiger partial charge in [-0.3, -0.25) is 14.8 Å². The number of anilines is 1. The lowest BCUT2D eigenvalue weighted by Crippen LogP contribution is -2.35. The average Bonchev–Trinajstić information content (AvgIpc) is 2.62. The van der Waals surface area contributed by atoms with Crippen LogP contribution in [0.3, 0.4) is 0 Å². The highest BCUT2D eigenvalue weighted by molar-refractivity contribution is 5.91. The van der Waals surface area contributed by atoms with E-state index in [0.717, 1.165) is 32.6 Å². The molecule has 0 saturated carbocycles. The van der Waals surface area contributed by atoms with E-state index in [9.17, 15) is 4.79 Å². The van der Waals surface area contributed by atoms with Crippen molar-refractivity contribution in [3.8, 4) is 0 Å². The minimum absolute atomic E-state index is 0.00569. The molecule has 1 aromatic heterocycles. The fourth-order valence-electron chi connectivity index (χ4n) is 1.78. The Balaban J connectivity index is 1.77. The predicted octanol–water partition coefficient (Wildman–Crippen LogP) is -0.356. The average molecular weight is 223 g/mol. The van der Waals surface area contributed by atoms with Crippen LogP contribution in [0, 0.1) is 0 Å². The summed E-state index contributed by atoms with van der Waals surface area (Å²) >= 11 is 0. The minimum atomic E-state index is 0.00569. The quantitative estimate of drug-likeness (QED) is 0.654. The van der Waals surface area contributed by atoms with Crippen LogP contribution in [0.5, 0.6) is 0 Å². The summed E-state index contributed by atoms with van der Waals surface area (Å²) in [6.07, 6.45) is 2.71. The highest BCUT2D eigenvalue weighted by atomic mass is 16.2. The van der Waals surface area contributed by atoms with E-state index < -0.39 is 0 Å². The first-order valence-electron chi connectivity index (χ1n) is 5.57. The zero-order valence-electron chi connectivity index (χ0n) is 9.20. The van der Waals surface area contributed by atoms with Gasteiger partial charge in [0.2, 0.25) is 5.91 Å². The highest BCUT2D eigenvalue weighted by Gasteiger charge is 2.12. The topological polar surface area (TPSA) is 73.1 Å². The second kappa shape index (κ2) is 5.62. The molecule has 0 radical (unpaired) electrons. The van der Waals surface area contributed by atoms with Crippen LogP contribution >= 0.6 is 0 Å². The Morgan fingerprint density at radius 2 is 2.44 bits per heavy atom. The molecule has 0 aromatic carbocycles. The number of aromatic nitrogens is 2. The van der Waals surface area contributed by atoms with Crippen molar-refractivity contribution < 1.29 is 4.79 Å². The van der Waals surface area contributed by atoms with E-state index in [1.807, 2.05) is 0 Å². The van der Waals surface area contributed by atoms with Crippen LogP contribution in [0.2, 0.25) is 0 Å². The molecule has 88 valence electrons. The van der Waals surface area contributed by atoms with Crippen molar-refractivity contribution in [2.75, 3.05) is 38.0 Å². The van der Waals surface area contributed by atoms with Crippen molar-refractivity contribution >= 4 is 11.7 Å². The molecule has 1 amide bonds. The van der Waals surface area contributed by atoms with Crippen molar-refractivity contribution in [1.82, 2.24) is 20.4 Å². The van der Waals surface area contributed by atoms with Gasteiger partial charge in [-0.15, -0.1) is 0 Å². The third-order valence-electron chi connectivity index (χ3n) is 2.57. The summed E-state index contributed by atoms with van der Waals surface area (Å²) in [6.45, 7) is 4.34. The summed E-state index contributed by atoms with van der Waals surface area (Å²) in [7, 11) is 0. The van der Waals surface area contributed by atoms with Gasteiger partial charge in [0.05, 0.1) is 12.7 Å². The number of nitrogens with zero attached hydrogens (tertiary/aromatic N) is 2. The predicted molar refractivity (Wildman–Crippen MR) is 61.1 cm³/mol. The van der Waals surface area contributed by atoms with Gasteiger partial charge >= 0.3 is 0 Å². The number of carbonyl (C=O) groups is 1. The molecule has 2 rings (SSSR count). The van der Waals surface area contributed by atoms with Gasteiger partial charge in [0.25, 0.3) is 0 Å². The first-order chi connectivity index (χ1) is 7.84. The maximum absolute atomic E-state index is 11.7. The third kappa shape index (κ3) is 3.32. The van der Waals surface area contributed by atoms with Gasteiger partial charge < -0.3 is 10.6 Å². The second-order valence-electron chi connectivity index (χ2n) is 3.90. The van der Waals surface area contributed by atoms with Gasteiger partial charge in [-0.1, -0.05) is 0 Å². The molecule has 0 aliphatic carbocycles. The van der Waals surface area contributed by atoms with Crippen molar-refractivity contribution in [1.29, 1.82) is 0 Å². The van der Waals surface area contributed by atoms with Crippen molar-refractivity contribution in [2.24, 2.45) is 0 Å². The van der Waals surface area contributed by atoms with Crippen LogP contribution in [-0.2, 0) is 4.79 Å². The first kappa shape index (κ1) is 11.1. The maximum atomic E-state index is 11.7. The number of hydrogen-bond acceptors (Lipinski definition) is 4. The lowest BCUT2D eigenvalue weighted by molar-refractivity contribution is -0.117. The Labute approximate surface area is 94.4 Å².